The summed E-state index contributed by atoms with van der Waals surface area (Å²) in [7, 11) is 0. The lowest BCUT2D eigenvalue weighted by molar-refractivity contribution is 0.551. The van der Waals surface area contributed by atoms with Crippen LogP contribution < -0.4 is 5.56 Å². The summed E-state index contributed by atoms with van der Waals surface area (Å²) in [5.41, 5.74) is 4.77. The van der Waals surface area contributed by atoms with Crippen LogP contribution in [0.2, 0.25) is 0 Å². The number of imidazole rings is 1. The summed E-state index contributed by atoms with van der Waals surface area (Å²) in [5.74, 6) is 0. The molecule has 0 aliphatic rings. The molecule has 0 fully saturated rings. The minimum absolute atomic E-state index is 0.121. The quantitative estimate of drug-likeness (QED) is 0.527. The first-order chi connectivity index (χ1) is 13.7. The highest BCUT2D eigenvalue weighted by molar-refractivity contribution is 5.75. The average molecular weight is 370 g/mol. The molecule has 0 bridgehead atoms. The van der Waals surface area contributed by atoms with E-state index in [4.69, 9.17) is 0 Å². The second-order valence-corrected chi connectivity index (χ2v) is 6.86. The van der Waals surface area contributed by atoms with Gasteiger partial charge in [0.05, 0.1) is 34.4 Å². The van der Waals surface area contributed by atoms with Gasteiger partial charge in [0.1, 0.15) is 0 Å². The van der Waals surface area contributed by atoms with E-state index in [1.807, 2.05) is 48.8 Å². The molecule has 0 saturated carbocycles. The SMILES string of the molecule is C[C@@H](Cc1cc(=O)n2[nH]c(-c3ccccn3)cc2n1)n1cnc2ccccc21. The molecule has 7 heteroatoms. The van der Waals surface area contributed by atoms with Gasteiger partial charge in [-0.2, -0.15) is 0 Å². The number of aromatic amines is 1. The normalized spacial score (nSPS) is 12.6. The lowest BCUT2D eigenvalue weighted by Gasteiger charge is -2.14. The lowest BCUT2D eigenvalue weighted by Crippen LogP contribution is -2.17. The van der Waals surface area contributed by atoms with Gasteiger partial charge in [-0.1, -0.05) is 18.2 Å². The second-order valence-electron chi connectivity index (χ2n) is 6.86. The van der Waals surface area contributed by atoms with E-state index in [2.05, 4.69) is 37.6 Å². The number of nitrogens with zero attached hydrogens (tertiary/aromatic N) is 5. The summed E-state index contributed by atoms with van der Waals surface area (Å²) in [4.78, 5) is 26.0. The van der Waals surface area contributed by atoms with E-state index in [9.17, 15) is 4.79 Å². The molecule has 138 valence electrons. The molecule has 1 N–H and O–H groups in total. The van der Waals surface area contributed by atoms with Crippen molar-refractivity contribution < 1.29 is 0 Å². The van der Waals surface area contributed by atoms with Gasteiger partial charge in [0.15, 0.2) is 5.65 Å². The predicted molar refractivity (Wildman–Crippen MR) is 107 cm³/mol. The molecule has 0 radical (unpaired) electrons. The van der Waals surface area contributed by atoms with Crippen molar-refractivity contribution in [2.24, 2.45) is 0 Å². The Morgan fingerprint density at radius 1 is 1.07 bits per heavy atom. The van der Waals surface area contributed by atoms with Gasteiger partial charge >= 0.3 is 0 Å². The van der Waals surface area contributed by atoms with Crippen LogP contribution in [0.15, 0.2) is 71.9 Å². The molecule has 28 heavy (non-hydrogen) atoms. The van der Waals surface area contributed by atoms with E-state index in [1.54, 1.807) is 12.3 Å². The van der Waals surface area contributed by atoms with E-state index in [0.29, 0.717) is 12.1 Å². The van der Waals surface area contributed by atoms with Crippen LogP contribution >= 0.6 is 0 Å². The number of benzene rings is 1. The Morgan fingerprint density at radius 3 is 2.79 bits per heavy atom. The molecule has 4 aromatic heterocycles. The molecule has 4 heterocycles. The highest BCUT2D eigenvalue weighted by Gasteiger charge is 2.13. The summed E-state index contributed by atoms with van der Waals surface area (Å²) < 4.78 is 3.57. The van der Waals surface area contributed by atoms with E-state index < -0.39 is 0 Å². The third-order valence-corrected chi connectivity index (χ3v) is 4.90. The van der Waals surface area contributed by atoms with Crippen LogP contribution in [0.25, 0.3) is 28.1 Å². The van der Waals surface area contributed by atoms with Gasteiger partial charge in [-0.05, 0) is 31.2 Å². The largest absolute Gasteiger partial charge is 0.327 e. The maximum absolute atomic E-state index is 12.6. The minimum Gasteiger partial charge on any atom is -0.327 e. The molecule has 5 rings (SSSR count). The molecule has 0 saturated heterocycles. The lowest BCUT2D eigenvalue weighted by atomic mass is 10.1. The molecule has 5 aromatic rings. The maximum atomic E-state index is 12.6. The monoisotopic (exact) mass is 370 g/mol. The maximum Gasteiger partial charge on any atom is 0.272 e. The van der Waals surface area contributed by atoms with E-state index >= 15 is 0 Å². The minimum atomic E-state index is -0.134. The van der Waals surface area contributed by atoms with Crippen molar-refractivity contribution in [2.45, 2.75) is 19.4 Å². The van der Waals surface area contributed by atoms with Crippen molar-refractivity contribution in [3.8, 4) is 11.4 Å². The Morgan fingerprint density at radius 2 is 1.93 bits per heavy atom. The number of rotatable bonds is 4. The van der Waals surface area contributed by atoms with E-state index in [-0.39, 0.29) is 11.6 Å². The Hall–Kier alpha value is -3.74. The number of fused-ring (bicyclic) bond motifs is 2. The van der Waals surface area contributed by atoms with Crippen LogP contribution in [0.5, 0.6) is 0 Å². The number of hydrogen-bond donors (Lipinski definition) is 1. The van der Waals surface area contributed by atoms with Crippen LogP contribution in [0.1, 0.15) is 18.7 Å². The van der Waals surface area contributed by atoms with Crippen molar-refractivity contribution in [1.82, 2.24) is 29.1 Å². The third kappa shape index (κ3) is 2.77. The Kier molecular flexibility index (Phi) is 3.79. The van der Waals surface area contributed by atoms with E-state index in [0.717, 1.165) is 28.1 Å². The molecular weight excluding hydrogens is 352 g/mol. The number of aromatic nitrogens is 6. The number of nitrogens with one attached hydrogen (secondary N) is 1. The summed E-state index contributed by atoms with van der Waals surface area (Å²) >= 11 is 0. The number of hydrogen-bond acceptors (Lipinski definition) is 4. The molecule has 0 amide bonds. The van der Waals surface area contributed by atoms with Crippen molar-refractivity contribution in [1.29, 1.82) is 0 Å². The molecule has 0 unspecified atom stereocenters. The fraction of sp³-hybridized carbons (Fsp3) is 0.143. The molecule has 0 spiro atoms. The molecule has 7 nitrogen and oxygen atoms in total. The van der Waals surface area contributed by atoms with Gasteiger partial charge in [-0.15, -0.1) is 0 Å². The van der Waals surface area contributed by atoms with Crippen molar-refractivity contribution in [3.63, 3.8) is 0 Å². The first kappa shape index (κ1) is 16.4. The van der Waals surface area contributed by atoms with Crippen molar-refractivity contribution >= 4 is 16.7 Å². The van der Waals surface area contributed by atoms with Crippen LogP contribution in [0.3, 0.4) is 0 Å². The highest BCUT2D eigenvalue weighted by Crippen LogP contribution is 2.20. The smallest absolute Gasteiger partial charge is 0.272 e. The number of para-hydroxylation sites is 2. The van der Waals surface area contributed by atoms with Gasteiger partial charge in [0.2, 0.25) is 0 Å². The molecule has 0 aliphatic carbocycles. The first-order valence-electron chi connectivity index (χ1n) is 9.14. The van der Waals surface area contributed by atoms with Gasteiger partial charge in [0, 0.05) is 30.8 Å². The van der Waals surface area contributed by atoms with Gasteiger partial charge in [0.25, 0.3) is 5.56 Å². The summed E-state index contributed by atoms with van der Waals surface area (Å²) in [6.07, 6.45) is 4.20. The summed E-state index contributed by atoms with van der Waals surface area (Å²) in [6, 6.07) is 17.2. The predicted octanol–water partition coefficient (Wildman–Crippen LogP) is 3.24. The topological polar surface area (TPSA) is 80.9 Å². The van der Waals surface area contributed by atoms with Crippen LogP contribution in [0.4, 0.5) is 0 Å². The molecule has 0 aliphatic heterocycles. The number of H-pyrrole nitrogens is 1. The standard InChI is InChI=1S/C21H18N6O/c1-14(26-13-23-17-7-2-3-8-19(17)26)10-15-11-21(28)27-20(24-15)12-18(25-27)16-6-4-5-9-22-16/h2-9,11-14,25H,10H2,1H3/t14-/m0/s1. The zero-order chi connectivity index (χ0) is 19.1. The first-order valence-corrected chi connectivity index (χ1v) is 9.14. The fourth-order valence-electron chi connectivity index (χ4n) is 3.53. The van der Waals surface area contributed by atoms with Gasteiger partial charge in [-0.3, -0.25) is 14.9 Å². The highest BCUT2D eigenvalue weighted by atomic mass is 16.1. The summed E-state index contributed by atoms with van der Waals surface area (Å²) in [5, 5.41) is 3.08. The number of pyridine rings is 1. The van der Waals surface area contributed by atoms with Gasteiger partial charge in [-0.25, -0.2) is 14.5 Å². The molecular formula is C21H18N6O. The third-order valence-electron chi connectivity index (χ3n) is 4.90. The van der Waals surface area contributed by atoms with Crippen molar-refractivity contribution in [3.05, 3.63) is 83.2 Å². The van der Waals surface area contributed by atoms with Crippen LogP contribution in [-0.2, 0) is 6.42 Å². The summed E-state index contributed by atoms with van der Waals surface area (Å²) in [6.45, 7) is 2.11. The Bertz CT molecular complexity index is 1330. The van der Waals surface area contributed by atoms with Crippen molar-refractivity contribution in [2.75, 3.05) is 0 Å². The Labute approximate surface area is 160 Å². The average Bonchev–Trinajstić information content (AvgIpc) is 3.33. The fourth-order valence-corrected chi connectivity index (χ4v) is 3.53. The molecule has 1 atom stereocenters. The zero-order valence-electron chi connectivity index (χ0n) is 15.3. The van der Waals surface area contributed by atoms with E-state index in [1.165, 1.54) is 4.52 Å². The van der Waals surface area contributed by atoms with Crippen LogP contribution in [-0.4, -0.2) is 29.1 Å². The van der Waals surface area contributed by atoms with Crippen LogP contribution in [0, 0.1) is 0 Å². The zero-order valence-corrected chi connectivity index (χ0v) is 15.3. The second kappa shape index (κ2) is 6.45. The molecule has 1 aromatic carbocycles. The van der Waals surface area contributed by atoms with Gasteiger partial charge < -0.3 is 4.57 Å². The Balaban J connectivity index is 1.50.